The summed E-state index contributed by atoms with van der Waals surface area (Å²) in [6, 6.07) is 8.65. The molecule has 2 aromatic rings. The van der Waals surface area contributed by atoms with E-state index in [0.717, 1.165) is 6.07 Å². The molecular weight excluding hydrogens is 366 g/mol. The fourth-order valence-electron chi connectivity index (χ4n) is 2.22. The minimum Gasteiger partial charge on any atom is -0.454 e. The van der Waals surface area contributed by atoms with Gasteiger partial charge in [-0.25, -0.2) is 0 Å². The zero-order valence-electron chi connectivity index (χ0n) is 13.2. The first-order valence-corrected chi connectivity index (χ1v) is 7.73. The number of fused-ring (bicyclic) bond motifs is 1. The van der Waals surface area contributed by atoms with E-state index in [1.54, 1.807) is 18.2 Å². The Hall–Kier alpha value is -3.33. The van der Waals surface area contributed by atoms with Crippen molar-refractivity contribution in [1.82, 2.24) is 5.32 Å². The number of non-ortho nitro benzene ring substituents is 1. The minimum atomic E-state index is -0.992. The molecule has 0 saturated carbocycles. The van der Waals surface area contributed by atoms with Gasteiger partial charge in [0.25, 0.3) is 5.69 Å². The first-order chi connectivity index (χ1) is 12.4. The molecular formula is C16H12ClN3O6. The number of benzene rings is 2. The number of carbonyl (C=O) groups is 2. The Balaban J connectivity index is 1.61. The Kier molecular flexibility index (Phi) is 4.90. The third-order valence-electron chi connectivity index (χ3n) is 3.51. The molecule has 0 unspecified atom stereocenters. The normalized spacial score (nSPS) is 11.7. The maximum atomic E-state index is 12.0. The summed E-state index contributed by atoms with van der Waals surface area (Å²) >= 11 is 5.88. The van der Waals surface area contributed by atoms with E-state index in [4.69, 9.17) is 21.1 Å². The Bertz CT molecular complexity index is 902. The number of ether oxygens (including phenoxy) is 2. The second kappa shape index (κ2) is 7.28. The summed E-state index contributed by atoms with van der Waals surface area (Å²) in [5.74, 6) is -0.735. The number of halogens is 1. The van der Waals surface area contributed by atoms with Crippen molar-refractivity contribution in [3.8, 4) is 11.5 Å². The van der Waals surface area contributed by atoms with Gasteiger partial charge in [0.2, 0.25) is 6.79 Å². The van der Waals surface area contributed by atoms with Gasteiger partial charge in [0.05, 0.1) is 15.6 Å². The Morgan fingerprint density at radius 3 is 2.65 bits per heavy atom. The predicted molar refractivity (Wildman–Crippen MR) is 91.1 cm³/mol. The summed E-state index contributed by atoms with van der Waals surface area (Å²) in [4.78, 5) is 34.0. The first-order valence-electron chi connectivity index (χ1n) is 7.35. The molecule has 2 N–H and O–H groups in total. The van der Waals surface area contributed by atoms with Gasteiger partial charge in [0.15, 0.2) is 11.5 Å². The molecule has 0 saturated heterocycles. The van der Waals surface area contributed by atoms with Crippen LogP contribution in [0.3, 0.4) is 0 Å². The second-order valence-corrected chi connectivity index (χ2v) is 5.65. The van der Waals surface area contributed by atoms with E-state index in [1.165, 1.54) is 12.1 Å². The lowest BCUT2D eigenvalue weighted by Gasteiger charge is -2.08. The summed E-state index contributed by atoms with van der Waals surface area (Å²) in [5, 5.41) is 15.5. The van der Waals surface area contributed by atoms with Crippen molar-refractivity contribution in [3.05, 3.63) is 57.1 Å². The van der Waals surface area contributed by atoms with Crippen LogP contribution in [0.4, 0.5) is 11.4 Å². The molecule has 2 amide bonds. The molecule has 0 radical (unpaired) electrons. The zero-order valence-corrected chi connectivity index (χ0v) is 13.9. The molecule has 0 aromatic heterocycles. The van der Waals surface area contributed by atoms with Crippen molar-refractivity contribution >= 4 is 34.8 Å². The van der Waals surface area contributed by atoms with Crippen LogP contribution >= 0.6 is 11.6 Å². The lowest BCUT2D eigenvalue weighted by atomic mass is 10.2. The van der Waals surface area contributed by atoms with Crippen molar-refractivity contribution in [2.75, 3.05) is 12.1 Å². The third-order valence-corrected chi connectivity index (χ3v) is 3.83. The number of hydrogen-bond donors (Lipinski definition) is 2. The zero-order chi connectivity index (χ0) is 18.7. The molecule has 26 heavy (non-hydrogen) atoms. The summed E-state index contributed by atoms with van der Waals surface area (Å²) in [6.07, 6.45) is 0. The maximum Gasteiger partial charge on any atom is 0.313 e. The highest BCUT2D eigenvalue weighted by molar-refractivity contribution is 6.41. The monoisotopic (exact) mass is 377 g/mol. The van der Waals surface area contributed by atoms with Crippen molar-refractivity contribution in [1.29, 1.82) is 0 Å². The second-order valence-electron chi connectivity index (χ2n) is 5.25. The fourth-order valence-corrected chi connectivity index (χ4v) is 2.38. The number of nitrogens with one attached hydrogen (secondary N) is 2. The Morgan fingerprint density at radius 2 is 1.88 bits per heavy atom. The van der Waals surface area contributed by atoms with Gasteiger partial charge in [-0.2, -0.15) is 0 Å². The molecule has 0 bridgehead atoms. The van der Waals surface area contributed by atoms with Gasteiger partial charge in [0, 0.05) is 18.7 Å². The average Bonchev–Trinajstić information content (AvgIpc) is 3.08. The number of rotatable bonds is 4. The minimum absolute atomic E-state index is 0.0240. The molecule has 1 aliphatic heterocycles. The molecule has 3 rings (SSSR count). The molecule has 0 atom stereocenters. The molecule has 2 aromatic carbocycles. The molecule has 0 aliphatic carbocycles. The first kappa shape index (κ1) is 17.5. The van der Waals surface area contributed by atoms with E-state index >= 15 is 0 Å². The van der Waals surface area contributed by atoms with Crippen molar-refractivity contribution < 1.29 is 24.0 Å². The van der Waals surface area contributed by atoms with Gasteiger partial charge in [0.1, 0.15) is 0 Å². The number of nitro benzene ring substituents is 1. The lowest BCUT2D eigenvalue weighted by Crippen LogP contribution is -2.35. The van der Waals surface area contributed by atoms with Crippen LogP contribution in [0.25, 0.3) is 0 Å². The van der Waals surface area contributed by atoms with Crippen LogP contribution in [0, 0.1) is 10.1 Å². The summed E-state index contributed by atoms with van der Waals surface area (Å²) in [5.41, 5.74) is 0.429. The number of carbonyl (C=O) groups excluding carboxylic acids is 2. The van der Waals surface area contributed by atoms with E-state index < -0.39 is 16.7 Å². The highest BCUT2D eigenvalue weighted by Gasteiger charge is 2.18. The topological polar surface area (TPSA) is 120 Å². The van der Waals surface area contributed by atoms with Crippen LogP contribution in [0.2, 0.25) is 5.02 Å². The smallest absolute Gasteiger partial charge is 0.313 e. The van der Waals surface area contributed by atoms with E-state index in [2.05, 4.69) is 10.6 Å². The summed E-state index contributed by atoms with van der Waals surface area (Å²) in [7, 11) is 0. The fraction of sp³-hybridized carbons (Fsp3) is 0.125. The molecule has 134 valence electrons. The number of amides is 2. The quantitative estimate of drug-likeness (QED) is 0.479. The average molecular weight is 378 g/mol. The molecule has 0 spiro atoms. The van der Waals surface area contributed by atoms with Crippen LogP contribution < -0.4 is 20.1 Å². The van der Waals surface area contributed by atoms with E-state index in [-0.39, 0.29) is 29.7 Å². The SMILES string of the molecule is O=C(NCc1ccc2c(c1)OCO2)C(=O)Nc1cc([N+](=O)[O-])ccc1Cl. The lowest BCUT2D eigenvalue weighted by molar-refractivity contribution is -0.384. The maximum absolute atomic E-state index is 12.0. The number of nitro groups is 1. The number of nitrogens with zero attached hydrogens (tertiary/aromatic N) is 1. The van der Waals surface area contributed by atoms with Crippen molar-refractivity contribution in [2.45, 2.75) is 6.54 Å². The van der Waals surface area contributed by atoms with Crippen LogP contribution in [-0.4, -0.2) is 23.5 Å². The number of anilines is 1. The third kappa shape index (κ3) is 3.83. The largest absolute Gasteiger partial charge is 0.454 e. The molecule has 0 fully saturated rings. The molecule has 10 heteroatoms. The van der Waals surface area contributed by atoms with E-state index in [0.29, 0.717) is 17.1 Å². The predicted octanol–water partition coefficient (Wildman–Crippen LogP) is 2.23. The number of hydrogen-bond acceptors (Lipinski definition) is 6. The Labute approximate surface area is 152 Å². The molecule has 1 heterocycles. The van der Waals surface area contributed by atoms with Gasteiger partial charge in [-0.05, 0) is 23.8 Å². The van der Waals surface area contributed by atoms with Gasteiger partial charge in [-0.15, -0.1) is 0 Å². The van der Waals surface area contributed by atoms with E-state index in [9.17, 15) is 19.7 Å². The van der Waals surface area contributed by atoms with Crippen LogP contribution in [0.5, 0.6) is 11.5 Å². The highest BCUT2D eigenvalue weighted by atomic mass is 35.5. The van der Waals surface area contributed by atoms with Crippen molar-refractivity contribution in [2.24, 2.45) is 0 Å². The van der Waals surface area contributed by atoms with Gasteiger partial charge in [-0.3, -0.25) is 19.7 Å². The standard InChI is InChI=1S/C16H12ClN3O6/c17-11-3-2-10(20(23)24)6-12(11)19-16(22)15(21)18-7-9-1-4-13-14(5-9)26-8-25-13/h1-6H,7-8H2,(H,18,21)(H,19,22). The van der Waals surface area contributed by atoms with Gasteiger partial charge < -0.3 is 20.1 Å². The van der Waals surface area contributed by atoms with Gasteiger partial charge >= 0.3 is 11.8 Å². The highest BCUT2D eigenvalue weighted by Crippen LogP contribution is 2.32. The molecule has 9 nitrogen and oxygen atoms in total. The summed E-state index contributed by atoms with van der Waals surface area (Å²) in [6.45, 7) is 0.225. The Morgan fingerprint density at radius 1 is 1.12 bits per heavy atom. The van der Waals surface area contributed by atoms with Gasteiger partial charge in [-0.1, -0.05) is 17.7 Å². The van der Waals surface area contributed by atoms with Crippen LogP contribution in [0.15, 0.2) is 36.4 Å². The van der Waals surface area contributed by atoms with Crippen LogP contribution in [0.1, 0.15) is 5.56 Å². The van der Waals surface area contributed by atoms with E-state index in [1.807, 2.05) is 0 Å². The van der Waals surface area contributed by atoms with Crippen molar-refractivity contribution in [3.63, 3.8) is 0 Å². The molecule has 1 aliphatic rings. The summed E-state index contributed by atoms with van der Waals surface area (Å²) < 4.78 is 10.4. The van der Waals surface area contributed by atoms with Crippen LogP contribution in [-0.2, 0) is 16.1 Å².